The Morgan fingerprint density at radius 3 is 2.39 bits per heavy atom. The molecule has 1 aromatic rings. The normalized spacial score (nSPS) is 12.0. The van der Waals surface area contributed by atoms with Crippen molar-refractivity contribution in [2.75, 3.05) is 31.7 Å². The first-order valence-corrected chi connectivity index (χ1v) is 7.58. The number of anilines is 1. The molecule has 0 spiro atoms. The van der Waals surface area contributed by atoms with E-state index in [1.165, 1.54) is 18.2 Å². The third-order valence-corrected chi connectivity index (χ3v) is 3.14. The van der Waals surface area contributed by atoms with Gasteiger partial charge in [-0.05, 0) is 18.2 Å². The van der Waals surface area contributed by atoms with Crippen molar-refractivity contribution in [3.05, 3.63) is 28.2 Å². The molecule has 0 aromatic heterocycles. The van der Waals surface area contributed by atoms with Crippen LogP contribution in [-0.2, 0) is 14.3 Å². The second kappa shape index (κ2) is 10.4. The number of amides is 1. The summed E-state index contributed by atoms with van der Waals surface area (Å²) >= 11 is 11.7. The predicted molar refractivity (Wildman–Crippen MR) is 87.0 cm³/mol. The van der Waals surface area contributed by atoms with Gasteiger partial charge in [0.2, 0.25) is 5.91 Å². The summed E-state index contributed by atoms with van der Waals surface area (Å²) < 4.78 is 5.00. The Balaban J connectivity index is 2.48. The highest BCUT2D eigenvalue weighted by atomic mass is 35.5. The van der Waals surface area contributed by atoms with Gasteiger partial charge in [-0.2, -0.15) is 0 Å². The molecule has 0 unspecified atom stereocenters. The van der Waals surface area contributed by atoms with Gasteiger partial charge in [0.1, 0.15) is 6.04 Å². The van der Waals surface area contributed by atoms with Gasteiger partial charge in [-0.1, -0.05) is 23.2 Å². The fraction of sp³-hybridized carbons (Fsp3) is 0.429. The van der Waals surface area contributed by atoms with Crippen LogP contribution in [0.25, 0.3) is 0 Å². The molecule has 1 atom stereocenters. The van der Waals surface area contributed by atoms with Crippen LogP contribution in [0, 0.1) is 0 Å². The molecule has 0 fully saturated rings. The summed E-state index contributed by atoms with van der Waals surface area (Å²) in [6.07, 6.45) is -0.264. The molecule has 0 heterocycles. The summed E-state index contributed by atoms with van der Waals surface area (Å²) in [5, 5.41) is 23.6. The lowest BCUT2D eigenvalue weighted by molar-refractivity contribution is -0.141. The second-order valence-corrected chi connectivity index (χ2v) is 5.46. The highest BCUT2D eigenvalue weighted by Crippen LogP contribution is 2.22. The topological polar surface area (TPSA) is 108 Å². The molecule has 0 aliphatic carbocycles. The lowest BCUT2D eigenvalue weighted by Crippen LogP contribution is -2.41. The fourth-order valence-electron chi connectivity index (χ4n) is 1.74. The van der Waals surface area contributed by atoms with Crippen LogP contribution in [0.2, 0.25) is 10.0 Å². The zero-order valence-corrected chi connectivity index (χ0v) is 13.7. The molecule has 0 saturated carbocycles. The number of halogens is 2. The van der Waals surface area contributed by atoms with Crippen molar-refractivity contribution in [1.29, 1.82) is 0 Å². The molecule has 128 valence electrons. The van der Waals surface area contributed by atoms with Crippen molar-refractivity contribution in [3.8, 4) is 0 Å². The lowest BCUT2D eigenvalue weighted by Gasteiger charge is -2.14. The van der Waals surface area contributed by atoms with Gasteiger partial charge in [0, 0.05) is 22.3 Å². The van der Waals surface area contributed by atoms with Crippen LogP contribution in [0.5, 0.6) is 0 Å². The number of carbonyl (C=O) groups is 2. The number of hydrogen-bond acceptors (Lipinski definition) is 5. The number of aliphatic hydroxyl groups is 1. The largest absolute Gasteiger partial charge is 0.480 e. The maximum absolute atomic E-state index is 11.9. The Hall–Kier alpha value is -1.38. The maximum atomic E-state index is 11.9. The van der Waals surface area contributed by atoms with Crippen molar-refractivity contribution >= 4 is 40.8 Å². The van der Waals surface area contributed by atoms with Gasteiger partial charge >= 0.3 is 5.97 Å². The van der Waals surface area contributed by atoms with Crippen molar-refractivity contribution in [2.24, 2.45) is 0 Å². The number of hydrogen-bond donors (Lipinski definition) is 4. The molecular weight excluding hydrogens is 347 g/mol. The molecule has 1 aromatic carbocycles. The van der Waals surface area contributed by atoms with Crippen molar-refractivity contribution in [1.82, 2.24) is 5.32 Å². The van der Waals surface area contributed by atoms with Crippen LogP contribution >= 0.6 is 23.2 Å². The number of ether oxygens (including phenoxy) is 1. The summed E-state index contributed by atoms with van der Waals surface area (Å²) in [6, 6.07) is 3.49. The van der Waals surface area contributed by atoms with Crippen LogP contribution in [0.1, 0.15) is 6.42 Å². The van der Waals surface area contributed by atoms with Crippen molar-refractivity contribution in [2.45, 2.75) is 12.5 Å². The Morgan fingerprint density at radius 2 is 1.83 bits per heavy atom. The minimum Gasteiger partial charge on any atom is -0.480 e. The molecule has 1 rings (SSSR count). The molecule has 0 saturated heterocycles. The summed E-state index contributed by atoms with van der Waals surface area (Å²) in [7, 11) is 0. The van der Waals surface area contributed by atoms with Crippen LogP contribution in [-0.4, -0.2) is 54.5 Å². The molecule has 4 N–H and O–H groups in total. The van der Waals surface area contributed by atoms with Crippen LogP contribution in [0.4, 0.5) is 5.69 Å². The first-order chi connectivity index (χ1) is 10.9. The molecule has 7 nitrogen and oxygen atoms in total. The molecule has 0 bridgehead atoms. The van der Waals surface area contributed by atoms with E-state index in [-0.39, 0.29) is 32.8 Å². The number of carbonyl (C=O) groups excluding carboxylic acids is 1. The molecule has 0 aliphatic heterocycles. The van der Waals surface area contributed by atoms with E-state index < -0.39 is 17.9 Å². The lowest BCUT2D eigenvalue weighted by atomic mass is 10.2. The Morgan fingerprint density at radius 1 is 1.17 bits per heavy atom. The zero-order valence-electron chi connectivity index (χ0n) is 12.2. The molecule has 9 heteroatoms. The number of nitrogens with one attached hydrogen (secondary N) is 2. The van der Waals surface area contributed by atoms with Gasteiger partial charge in [0.25, 0.3) is 0 Å². The van der Waals surface area contributed by atoms with Crippen LogP contribution in [0.15, 0.2) is 18.2 Å². The molecule has 0 aliphatic rings. The van der Waals surface area contributed by atoms with E-state index in [1.54, 1.807) is 0 Å². The average molecular weight is 365 g/mol. The number of benzene rings is 1. The monoisotopic (exact) mass is 364 g/mol. The van der Waals surface area contributed by atoms with Gasteiger partial charge in [-0.15, -0.1) is 0 Å². The van der Waals surface area contributed by atoms with Gasteiger partial charge in [-0.25, -0.2) is 0 Å². The summed E-state index contributed by atoms with van der Waals surface area (Å²) in [4.78, 5) is 23.1. The third-order valence-electron chi connectivity index (χ3n) is 2.71. The summed E-state index contributed by atoms with van der Waals surface area (Å²) in [5.74, 6) is -1.63. The van der Waals surface area contributed by atoms with Gasteiger partial charge in [-0.3, -0.25) is 9.59 Å². The van der Waals surface area contributed by atoms with Crippen LogP contribution in [0.3, 0.4) is 0 Å². The first-order valence-electron chi connectivity index (χ1n) is 6.83. The SMILES string of the molecule is O=C(C[C@H](NCCOCCO)C(=O)O)Nc1cc(Cl)cc(Cl)c1. The number of carboxylic acid groups (broad SMARTS) is 1. The average Bonchev–Trinajstić information content (AvgIpc) is 2.44. The van der Waals surface area contributed by atoms with Crippen molar-refractivity contribution < 1.29 is 24.5 Å². The molecule has 1 amide bonds. The van der Waals surface area contributed by atoms with E-state index in [1.807, 2.05) is 0 Å². The van der Waals surface area contributed by atoms with Crippen LogP contribution < -0.4 is 10.6 Å². The maximum Gasteiger partial charge on any atom is 0.321 e. The zero-order chi connectivity index (χ0) is 17.2. The van der Waals surface area contributed by atoms with Crippen molar-refractivity contribution in [3.63, 3.8) is 0 Å². The van der Waals surface area contributed by atoms with E-state index in [2.05, 4.69) is 10.6 Å². The highest BCUT2D eigenvalue weighted by Gasteiger charge is 2.20. The fourth-order valence-corrected chi connectivity index (χ4v) is 2.27. The predicted octanol–water partition coefficient (Wildman–Crippen LogP) is 1.37. The Labute approximate surface area is 143 Å². The first kappa shape index (κ1) is 19.7. The van der Waals surface area contributed by atoms with E-state index in [4.69, 9.17) is 38.2 Å². The quantitative estimate of drug-likeness (QED) is 0.467. The van der Waals surface area contributed by atoms with E-state index in [9.17, 15) is 9.59 Å². The standard InChI is InChI=1S/C14H18Cl2N2O5/c15-9-5-10(16)7-11(6-9)18-13(20)8-12(14(21)22)17-1-3-23-4-2-19/h5-7,12,17,19H,1-4,8H2,(H,18,20)(H,21,22)/t12-/m0/s1. The molecular formula is C14H18Cl2N2O5. The van der Waals surface area contributed by atoms with E-state index in [0.717, 1.165) is 0 Å². The smallest absolute Gasteiger partial charge is 0.321 e. The number of rotatable bonds is 10. The highest BCUT2D eigenvalue weighted by molar-refractivity contribution is 6.35. The second-order valence-electron chi connectivity index (χ2n) is 4.59. The Kier molecular flexibility index (Phi) is 8.90. The third kappa shape index (κ3) is 8.15. The number of aliphatic hydroxyl groups excluding tert-OH is 1. The molecule has 23 heavy (non-hydrogen) atoms. The molecule has 0 radical (unpaired) electrons. The van der Waals surface area contributed by atoms with Gasteiger partial charge < -0.3 is 25.6 Å². The van der Waals surface area contributed by atoms with Gasteiger partial charge in [0.15, 0.2) is 0 Å². The minimum atomic E-state index is -1.15. The Bertz CT molecular complexity index is 522. The minimum absolute atomic E-state index is 0.104. The summed E-state index contributed by atoms with van der Waals surface area (Å²) in [6.45, 7) is 0.547. The van der Waals surface area contributed by atoms with E-state index in [0.29, 0.717) is 15.7 Å². The number of aliphatic carboxylic acids is 1. The van der Waals surface area contributed by atoms with Gasteiger partial charge in [0.05, 0.1) is 26.2 Å². The number of carboxylic acids is 1. The summed E-state index contributed by atoms with van der Waals surface area (Å²) in [5.41, 5.74) is 0.392. The van der Waals surface area contributed by atoms with E-state index >= 15 is 0 Å².